The second-order valence-corrected chi connectivity index (χ2v) is 8.02. The Hall–Kier alpha value is -2.02. The first-order valence-corrected chi connectivity index (χ1v) is 9.85. The number of carbonyl (C=O) groups is 2. The molecule has 0 unspecified atom stereocenters. The third-order valence-corrected chi connectivity index (χ3v) is 6.34. The number of fused-ring (bicyclic) bond motifs is 2. The van der Waals surface area contributed by atoms with Crippen LogP contribution >= 0.6 is 0 Å². The molecular formula is C20H26FN3O3. The van der Waals surface area contributed by atoms with Crippen molar-refractivity contribution >= 4 is 11.9 Å². The average Bonchev–Trinajstić information content (AvgIpc) is 3.27. The van der Waals surface area contributed by atoms with Gasteiger partial charge in [-0.1, -0.05) is 0 Å². The smallest absolute Gasteiger partial charge is 0.339 e. The molecule has 1 saturated carbocycles. The van der Waals surface area contributed by atoms with Gasteiger partial charge in [-0.3, -0.25) is 4.79 Å². The number of rotatable bonds is 4. The molecule has 1 saturated heterocycles. The van der Waals surface area contributed by atoms with Crippen molar-refractivity contribution in [3.8, 4) is 0 Å². The zero-order chi connectivity index (χ0) is 19.0. The van der Waals surface area contributed by atoms with Gasteiger partial charge in [0.25, 0.3) is 0 Å². The van der Waals surface area contributed by atoms with Crippen molar-refractivity contribution in [3.63, 3.8) is 0 Å². The predicted molar refractivity (Wildman–Crippen MR) is 96.6 cm³/mol. The lowest BCUT2D eigenvalue weighted by atomic mass is 9.75. The molecule has 0 radical (unpaired) electrons. The zero-order valence-electron chi connectivity index (χ0n) is 15.7. The molecule has 0 atom stereocenters. The second kappa shape index (κ2) is 7.19. The highest BCUT2D eigenvalue weighted by atomic mass is 19.1. The Morgan fingerprint density at radius 2 is 2.07 bits per heavy atom. The van der Waals surface area contributed by atoms with Crippen LogP contribution in [0.4, 0.5) is 4.39 Å². The maximum atomic E-state index is 13.4. The van der Waals surface area contributed by atoms with Gasteiger partial charge < -0.3 is 14.5 Å². The van der Waals surface area contributed by atoms with Crippen LogP contribution in [0.5, 0.6) is 0 Å². The van der Waals surface area contributed by atoms with Gasteiger partial charge in [0, 0.05) is 43.9 Å². The number of ether oxygens (including phenoxy) is 1. The van der Waals surface area contributed by atoms with E-state index in [-0.39, 0.29) is 17.4 Å². The Bertz CT molecular complexity index is 740. The highest BCUT2D eigenvalue weighted by molar-refractivity contribution is 5.94. The molecule has 1 aromatic heterocycles. The van der Waals surface area contributed by atoms with E-state index in [4.69, 9.17) is 4.74 Å². The van der Waals surface area contributed by atoms with E-state index in [1.807, 2.05) is 11.9 Å². The summed E-state index contributed by atoms with van der Waals surface area (Å²) in [4.78, 5) is 32.9. The first kappa shape index (κ1) is 18.3. The van der Waals surface area contributed by atoms with E-state index in [2.05, 4.69) is 9.88 Å². The van der Waals surface area contributed by atoms with Gasteiger partial charge in [-0.15, -0.1) is 0 Å². The molecule has 4 rings (SSSR count). The maximum Gasteiger partial charge on any atom is 0.339 e. The van der Waals surface area contributed by atoms with Crippen molar-refractivity contribution in [2.75, 3.05) is 33.2 Å². The van der Waals surface area contributed by atoms with Gasteiger partial charge in [0.2, 0.25) is 11.9 Å². The van der Waals surface area contributed by atoms with Crippen LogP contribution in [-0.2, 0) is 15.1 Å². The van der Waals surface area contributed by atoms with Crippen molar-refractivity contribution in [2.24, 2.45) is 5.92 Å². The molecule has 0 N–H and O–H groups in total. The van der Waals surface area contributed by atoms with Gasteiger partial charge in [0.05, 0.1) is 5.56 Å². The zero-order valence-corrected chi connectivity index (χ0v) is 15.7. The van der Waals surface area contributed by atoms with Gasteiger partial charge in [0.15, 0.2) is 0 Å². The molecule has 0 aromatic carbocycles. The monoisotopic (exact) mass is 375 g/mol. The van der Waals surface area contributed by atoms with Gasteiger partial charge >= 0.3 is 5.97 Å². The summed E-state index contributed by atoms with van der Waals surface area (Å²) in [5.41, 5.74) is 0.204. The SMILES string of the molecule is CN(CCN1CCCC1)C(=O)C1CCC2(CC1)OC(=O)c1cc(F)ncc12. The fourth-order valence-corrected chi connectivity index (χ4v) is 4.67. The van der Waals surface area contributed by atoms with E-state index >= 15 is 0 Å². The van der Waals surface area contributed by atoms with Crippen LogP contribution in [0.2, 0.25) is 0 Å². The van der Waals surface area contributed by atoms with E-state index < -0.39 is 17.5 Å². The summed E-state index contributed by atoms with van der Waals surface area (Å²) in [5, 5.41) is 0. The van der Waals surface area contributed by atoms with Crippen molar-refractivity contribution in [2.45, 2.75) is 44.1 Å². The number of nitrogens with zero attached hydrogens (tertiary/aromatic N) is 3. The first-order chi connectivity index (χ1) is 13.0. The number of likely N-dealkylation sites (tertiary alicyclic amines) is 1. The summed E-state index contributed by atoms with van der Waals surface area (Å²) in [5.74, 6) is -1.04. The van der Waals surface area contributed by atoms with Crippen LogP contribution in [0.3, 0.4) is 0 Å². The molecule has 27 heavy (non-hydrogen) atoms. The number of halogens is 1. The summed E-state index contributed by atoms with van der Waals surface area (Å²) in [6, 6.07) is 1.15. The third kappa shape index (κ3) is 3.45. The topological polar surface area (TPSA) is 62.7 Å². The first-order valence-electron chi connectivity index (χ1n) is 9.85. The number of aromatic nitrogens is 1. The predicted octanol–water partition coefficient (Wildman–Crippen LogP) is 2.33. The van der Waals surface area contributed by atoms with E-state index in [0.717, 1.165) is 32.2 Å². The molecule has 3 heterocycles. The molecule has 0 bridgehead atoms. The van der Waals surface area contributed by atoms with Crippen molar-refractivity contribution in [3.05, 3.63) is 29.3 Å². The summed E-state index contributed by atoms with van der Waals surface area (Å²) < 4.78 is 19.0. The summed E-state index contributed by atoms with van der Waals surface area (Å²) in [6.45, 7) is 3.95. The molecule has 1 aliphatic carbocycles. The number of amides is 1. The van der Waals surface area contributed by atoms with Crippen LogP contribution in [0, 0.1) is 11.9 Å². The Morgan fingerprint density at radius 1 is 1.37 bits per heavy atom. The highest BCUT2D eigenvalue weighted by Gasteiger charge is 2.49. The molecular weight excluding hydrogens is 349 g/mol. The van der Waals surface area contributed by atoms with Crippen LogP contribution in [0.15, 0.2) is 12.3 Å². The van der Waals surface area contributed by atoms with Crippen LogP contribution in [-0.4, -0.2) is 59.9 Å². The van der Waals surface area contributed by atoms with Gasteiger partial charge in [-0.2, -0.15) is 4.39 Å². The fourth-order valence-electron chi connectivity index (χ4n) is 4.67. The molecule has 1 aromatic rings. The number of pyridine rings is 1. The van der Waals surface area contributed by atoms with E-state index in [9.17, 15) is 14.0 Å². The van der Waals surface area contributed by atoms with Gasteiger partial charge in [0.1, 0.15) is 5.60 Å². The van der Waals surface area contributed by atoms with Gasteiger partial charge in [-0.25, -0.2) is 9.78 Å². The van der Waals surface area contributed by atoms with Crippen LogP contribution in [0.25, 0.3) is 0 Å². The van der Waals surface area contributed by atoms with E-state index in [0.29, 0.717) is 31.2 Å². The minimum absolute atomic E-state index is 0.0460. The Kier molecular flexibility index (Phi) is 4.88. The lowest BCUT2D eigenvalue weighted by Gasteiger charge is -2.37. The molecule has 6 nitrogen and oxygen atoms in total. The number of carbonyl (C=O) groups excluding carboxylic acids is 2. The standard InChI is InChI=1S/C20H26FN3O3/c1-23(10-11-24-8-2-3-9-24)18(25)14-4-6-20(7-5-14)16-13-22-17(21)12-15(16)19(26)27-20/h12-14H,2-11H2,1H3. The van der Waals surface area contributed by atoms with Crippen molar-refractivity contribution in [1.82, 2.24) is 14.8 Å². The molecule has 3 aliphatic rings. The lowest BCUT2D eigenvalue weighted by molar-refractivity contribution is -0.137. The van der Waals surface area contributed by atoms with Gasteiger partial charge in [-0.05, 0) is 51.6 Å². The third-order valence-electron chi connectivity index (χ3n) is 6.34. The number of esters is 1. The molecule has 1 spiro atoms. The molecule has 2 aliphatic heterocycles. The quantitative estimate of drug-likeness (QED) is 0.597. The van der Waals surface area contributed by atoms with Crippen molar-refractivity contribution in [1.29, 1.82) is 0 Å². The molecule has 146 valence electrons. The molecule has 7 heteroatoms. The molecule has 1 amide bonds. The minimum Gasteiger partial charge on any atom is -0.450 e. The van der Waals surface area contributed by atoms with Crippen LogP contribution in [0.1, 0.15) is 54.4 Å². The van der Waals surface area contributed by atoms with Crippen molar-refractivity contribution < 1.29 is 18.7 Å². The minimum atomic E-state index is -0.738. The highest BCUT2D eigenvalue weighted by Crippen LogP contribution is 2.48. The maximum absolute atomic E-state index is 13.4. The lowest BCUT2D eigenvalue weighted by Crippen LogP contribution is -2.41. The number of likely N-dealkylation sites (N-methyl/N-ethyl adjacent to an activating group) is 1. The number of hydrogen-bond donors (Lipinski definition) is 0. The summed E-state index contributed by atoms with van der Waals surface area (Å²) in [6.07, 6.45) is 6.40. The summed E-state index contributed by atoms with van der Waals surface area (Å²) in [7, 11) is 1.88. The van der Waals surface area contributed by atoms with E-state index in [1.54, 1.807) is 0 Å². The average molecular weight is 375 g/mol. The largest absolute Gasteiger partial charge is 0.450 e. The van der Waals surface area contributed by atoms with Crippen LogP contribution < -0.4 is 0 Å². The van der Waals surface area contributed by atoms with E-state index in [1.165, 1.54) is 19.0 Å². The normalized spacial score (nSPS) is 27.6. The number of hydrogen-bond acceptors (Lipinski definition) is 5. The second-order valence-electron chi connectivity index (χ2n) is 8.02. The molecule has 2 fully saturated rings. The fraction of sp³-hybridized carbons (Fsp3) is 0.650. The summed E-state index contributed by atoms with van der Waals surface area (Å²) >= 11 is 0. The Morgan fingerprint density at radius 3 is 2.78 bits per heavy atom. The Labute approximate surface area is 158 Å². The Balaban J connectivity index is 1.36.